The number of rotatable bonds is 7. The molecule has 0 fully saturated rings. The van der Waals surface area contributed by atoms with Crippen molar-refractivity contribution in [2.75, 3.05) is 28.4 Å². The van der Waals surface area contributed by atoms with Gasteiger partial charge in [0.15, 0.2) is 11.5 Å². The van der Waals surface area contributed by atoms with E-state index < -0.39 is 0 Å². The maximum absolute atomic E-state index is 5.56. The Morgan fingerprint density at radius 1 is 1.00 bits per heavy atom. The third kappa shape index (κ3) is 3.48. The Morgan fingerprint density at radius 2 is 1.67 bits per heavy atom. The highest BCUT2D eigenvalue weighted by Gasteiger charge is 2.18. The van der Waals surface area contributed by atoms with E-state index in [2.05, 4.69) is 24.0 Å². The van der Waals surface area contributed by atoms with Gasteiger partial charge < -0.3 is 14.2 Å². The van der Waals surface area contributed by atoms with Crippen molar-refractivity contribution < 1.29 is 14.2 Å². The second kappa shape index (κ2) is 7.57. The molecule has 0 saturated heterocycles. The molecule has 0 atom stereocenters. The standard InChI is InChI=1S/C18H27N3O3/c1-12-15(13(2)21(4)19-12)11-20(3)10-14-8-9-16(22-5)18(24-7)17(14)23-6/h8-9H,10-11H2,1-7H3. The van der Waals surface area contributed by atoms with Gasteiger partial charge in [-0.25, -0.2) is 0 Å². The monoisotopic (exact) mass is 333 g/mol. The van der Waals surface area contributed by atoms with E-state index in [1.54, 1.807) is 21.3 Å². The molecule has 0 N–H and O–H groups in total. The normalized spacial score (nSPS) is 11.0. The predicted molar refractivity (Wildman–Crippen MR) is 94.0 cm³/mol. The second-order valence-electron chi connectivity index (χ2n) is 5.94. The number of aryl methyl sites for hydroxylation is 2. The molecule has 2 rings (SSSR count). The van der Waals surface area contributed by atoms with Crippen molar-refractivity contribution in [3.05, 3.63) is 34.6 Å². The molecule has 1 heterocycles. The maximum atomic E-state index is 5.56. The minimum atomic E-state index is 0.625. The lowest BCUT2D eigenvalue weighted by atomic mass is 10.1. The number of benzene rings is 1. The maximum Gasteiger partial charge on any atom is 0.203 e. The van der Waals surface area contributed by atoms with Crippen LogP contribution < -0.4 is 14.2 Å². The Labute approximate surface area is 143 Å². The molecule has 1 aromatic heterocycles. The highest BCUT2D eigenvalue weighted by atomic mass is 16.5. The van der Waals surface area contributed by atoms with E-state index in [0.29, 0.717) is 17.2 Å². The summed E-state index contributed by atoms with van der Waals surface area (Å²) in [7, 11) is 8.95. The zero-order valence-electron chi connectivity index (χ0n) is 15.6. The van der Waals surface area contributed by atoms with Crippen molar-refractivity contribution >= 4 is 0 Å². The van der Waals surface area contributed by atoms with Gasteiger partial charge in [0.1, 0.15) is 0 Å². The lowest BCUT2D eigenvalue weighted by molar-refractivity contribution is 0.295. The summed E-state index contributed by atoms with van der Waals surface area (Å²) in [6.45, 7) is 5.70. The van der Waals surface area contributed by atoms with Crippen LogP contribution in [-0.2, 0) is 20.1 Å². The summed E-state index contributed by atoms with van der Waals surface area (Å²) in [4.78, 5) is 2.24. The van der Waals surface area contributed by atoms with Crippen LogP contribution in [0.5, 0.6) is 17.2 Å². The smallest absolute Gasteiger partial charge is 0.203 e. The molecule has 0 unspecified atom stereocenters. The topological polar surface area (TPSA) is 48.8 Å². The van der Waals surface area contributed by atoms with Crippen molar-refractivity contribution in [1.82, 2.24) is 14.7 Å². The number of methoxy groups -OCH3 is 3. The van der Waals surface area contributed by atoms with Gasteiger partial charge in [0.2, 0.25) is 5.75 Å². The fraction of sp³-hybridized carbons (Fsp3) is 0.500. The van der Waals surface area contributed by atoms with Crippen LogP contribution in [0, 0.1) is 13.8 Å². The van der Waals surface area contributed by atoms with E-state index in [9.17, 15) is 0 Å². The van der Waals surface area contributed by atoms with E-state index in [0.717, 1.165) is 24.3 Å². The Morgan fingerprint density at radius 3 is 2.17 bits per heavy atom. The molecule has 0 spiro atoms. The van der Waals surface area contributed by atoms with Crippen LogP contribution >= 0.6 is 0 Å². The van der Waals surface area contributed by atoms with Gasteiger partial charge in [0.05, 0.1) is 27.0 Å². The van der Waals surface area contributed by atoms with Crippen LogP contribution in [0.15, 0.2) is 12.1 Å². The van der Waals surface area contributed by atoms with Gasteiger partial charge in [0.25, 0.3) is 0 Å². The Kier molecular flexibility index (Phi) is 5.72. The third-order valence-corrected chi connectivity index (χ3v) is 4.31. The average molecular weight is 333 g/mol. The summed E-state index contributed by atoms with van der Waals surface area (Å²) < 4.78 is 18.3. The van der Waals surface area contributed by atoms with Crippen molar-refractivity contribution in [1.29, 1.82) is 0 Å². The number of ether oxygens (including phenoxy) is 3. The average Bonchev–Trinajstić information content (AvgIpc) is 2.80. The predicted octanol–water partition coefficient (Wildman–Crippen LogP) is 2.69. The lowest BCUT2D eigenvalue weighted by Gasteiger charge is -2.21. The first-order chi connectivity index (χ1) is 11.4. The highest BCUT2D eigenvalue weighted by Crippen LogP contribution is 2.40. The SMILES string of the molecule is COc1ccc(CN(C)Cc2c(C)nn(C)c2C)c(OC)c1OC. The summed E-state index contributed by atoms with van der Waals surface area (Å²) in [6.07, 6.45) is 0. The number of hydrogen-bond donors (Lipinski definition) is 0. The molecule has 0 saturated carbocycles. The van der Waals surface area contributed by atoms with Crippen LogP contribution in [0.2, 0.25) is 0 Å². The van der Waals surface area contributed by atoms with Gasteiger partial charge in [-0.2, -0.15) is 5.10 Å². The molecule has 24 heavy (non-hydrogen) atoms. The first kappa shape index (κ1) is 18.1. The summed E-state index contributed by atoms with van der Waals surface area (Å²) in [6, 6.07) is 3.92. The zero-order chi connectivity index (χ0) is 17.9. The Bertz CT molecular complexity index is 710. The van der Waals surface area contributed by atoms with E-state index in [1.165, 1.54) is 11.3 Å². The number of aromatic nitrogens is 2. The Hall–Kier alpha value is -2.21. The second-order valence-corrected chi connectivity index (χ2v) is 5.94. The van der Waals surface area contributed by atoms with Crippen LogP contribution in [0.25, 0.3) is 0 Å². The largest absolute Gasteiger partial charge is 0.493 e. The molecular weight excluding hydrogens is 306 g/mol. The molecule has 6 nitrogen and oxygen atoms in total. The van der Waals surface area contributed by atoms with E-state index in [4.69, 9.17) is 14.2 Å². The van der Waals surface area contributed by atoms with Crippen LogP contribution in [0.3, 0.4) is 0 Å². The van der Waals surface area contributed by atoms with Crippen molar-refractivity contribution in [2.24, 2.45) is 7.05 Å². The zero-order valence-corrected chi connectivity index (χ0v) is 15.6. The minimum Gasteiger partial charge on any atom is -0.493 e. The molecule has 0 bridgehead atoms. The molecule has 0 aliphatic carbocycles. The number of nitrogens with zero attached hydrogens (tertiary/aromatic N) is 3. The van der Waals surface area contributed by atoms with Crippen LogP contribution in [0.4, 0.5) is 0 Å². The molecule has 0 amide bonds. The summed E-state index contributed by atoms with van der Waals surface area (Å²) in [5.74, 6) is 2.00. The molecule has 0 aliphatic rings. The summed E-state index contributed by atoms with van der Waals surface area (Å²) >= 11 is 0. The molecular formula is C18H27N3O3. The molecule has 0 aliphatic heterocycles. The molecule has 6 heteroatoms. The first-order valence-electron chi connectivity index (χ1n) is 7.88. The van der Waals surface area contributed by atoms with Gasteiger partial charge in [-0.05, 0) is 27.0 Å². The van der Waals surface area contributed by atoms with Crippen LogP contribution in [0.1, 0.15) is 22.5 Å². The van der Waals surface area contributed by atoms with E-state index in [1.807, 2.05) is 30.8 Å². The number of hydrogen-bond acceptors (Lipinski definition) is 5. The fourth-order valence-electron chi connectivity index (χ4n) is 2.95. The van der Waals surface area contributed by atoms with Gasteiger partial charge in [-0.1, -0.05) is 6.07 Å². The van der Waals surface area contributed by atoms with E-state index >= 15 is 0 Å². The van der Waals surface area contributed by atoms with Crippen molar-refractivity contribution in [2.45, 2.75) is 26.9 Å². The first-order valence-corrected chi connectivity index (χ1v) is 7.88. The lowest BCUT2D eigenvalue weighted by Crippen LogP contribution is -2.19. The van der Waals surface area contributed by atoms with E-state index in [-0.39, 0.29) is 0 Å². The van der Waals surface area contributed by atoms with Crippen LogP contribution in [-0.4, -0.2) is 43.1 Å². The summed E-state index contributed by atoms with van der Waals surface area (Å²) in [5.41, 5.74) is 4.58. The molecule has 132 valence electrons. The quantitative estimate of drug-likeness (QED) is 0.780. The molecule has 2 aromatic rings. The minimum absolute atomic E-state index is 0.625. The van der Waals surface area contributed by atoms with Gasteiger partial charge in [0, 0.05) is 37.0 Å². The Balaban J connectivity index is 2.24. The fourth-order valence-corrected chi connectivity index (χ4v) is 2.95. The van der Waals surface area contributed by atoms with Gasteiger partial charge in [-0.3, -0.25) is 9.58 Å². The third-order valence-electron chi connectivity index (χ3n) is 4.31. The highest BCUT2D eigenvalue weighted by molar-refractivity contribution is 5.55. The van der Waals surface area contributed by atoms with Crippen molar-refractivity contribution in [3.63, 3.8) is 0 Å². The molecule has 1 aromatic carbocycles. The van der Waals surface area contributed by atoms with Gasteiger partial charge in [-0.15, -0.1) is 0 Å². The molecule has 0 radical (unpaired) electrons. The summed E-state index contributed by atoms with van der Waals surface area (Å²) in [5, 5.41) is 4.48. The van der Waals surface area contributed by atoms with Gasteiger partial charge >= 0.3 is 0 Å². The van der Waals surface area contributed by atoms with Crippen molar-refractivity contribution in [3.8, 4) is 17.2 Å².